The van der Waals surface area contributed by atoms with Gasteiger partial charge in [-0.2, -0.15) is 4.31 Å². The van der Waals surface area contributed by atoms with Crippen LogP contribution in [0.2, 0.25) is 0 Å². The molecule has 0 aliphatic carbocycles. The smallest absolute Gasteiger partial charge is 0.245 e. The molecule has 1 aromatic heterocycles. The fourth-order valence-corrected chi connectivity index (χ4v) is 7.34. The third-order valence-electron chi connectivity index (χ3n) is 6.80. The van der Waals surface area contributed by atoms with Gasteiger partial charge in [0.15, 0.2) is 0 Å². The number of thiazole rings is 1. The van der Waals surface area contributed by atoms with E-state index in [9.17, 15) is 23.1 Å². The zero-order valence-corrected chi connectivity index (χ0v) is 26.6. The zero-order chi connectivity index (χ0) is 31.0. The average molecular weight is 618 g/mol. The molecule has 10 nitrogen and oxygen atoms in total. The topological polar surface area (TPSA) is 141 Å². The highest BCUT2D eigenvalue weighted by Gasteiger charge is 2.43. The van der Waals surface area contributed by atoms with Gasteiger partial charge in [0.05, 0.1) is 27.2 Å². The summed E-state index contributed by atoms with van der Waals surface area (Å²) in [5.41, 5.74) is 0.819. The Morgan fingerprint density at radius 3 is 2.45 bits per heavy atom. The van der Waals surface area contributed by atoms with Crippen molar-refractivity contribution in [1.29, 1.82) is 0 Å². The van der Waals surface area contributed by atoms with Gasteiger partial charge in [0.25, 0.3) is 0 Å². The third kappa shape index (κ3) is 9.30. The predicted molar refractivity (Wildman–Crippen MR) is 166 cm³/mol. The number of fused-ring (bicyclic) bond motifs is 1. The van der Waals surface area contributed by atoms with Crippen LogP contribution in [0.1, 0.15) is 46.1 Å². The number of hydrogen-bond donors (Lipinski definition) is 4. The molecule has 3 aromatic rings. The van der Waals surface area contributed by atoms with Crippen molar-refractivity contribution in [2.24, 2.45) is 11.3 Å². The molecule has 4 N–H and O–H groups in total. The number of carbonyl (C=O) groups is 2. The molecule has 1 atom stereocenters. The van der Waals surface area contributed by atoms with Gasteiger partial charge in [-0.05, 0) is 42.1 Å². The molecule has 1 heterocycles. The molecule has 0 bridgehead atoms. The van der Waals surface area contributed by atoms with Gasteiger partial charge >= 0.3 is 0 Å². The normalized spacial score (nSPS) is 13.8. The maximum Gasteiger partial charge on any atom is 0.245 e. The Kier molecular flexibility index (Phi) is 11.6. The number of benzene rings is 2. The van der Waals surface area contributed by atoms with E-state index in [1.165, 1.54) is 21.7 Å². The van der Waals surface area contributed by atoms with Gasteiger partial charge in [-0.25, -0.2) is 13.4 Å². The second-order valence-electron chi connectivity index (χ2n) is 11.8. The maximum atomic E-state index is 14.2. The van der Waals surface area contributed by atoms with Gasteiger partial charge in [-0.3, -0.25) is 9.59 Å². The first-order valence-electron chi connectivity index (χ1n) is 14.1. The van der Waals surface area contributed by atoms with E-state index >= 15 is 0 Å². The summed E-state index contributed by atoms with van der Waals surface area (Å²) in [4.78, 5) is 29.0. The zero-order valence-electron chi connectivity index (χ0n) is 25.0. The van der Waals surface area contributed by atoms with Crippen molar-refractivity contribution >= 4 is 43.4 Å². The second kappa shape index (κ2) is 14.5. The third-order valence-corrected chi connectivity index (χ3v) is 9.51. The van der Waals surface area contributed by atoms with E-state index in [0.717, 1.165) is 10.3 Å². The summed E-state index contributed by atoms with van der Waals surface area (Å²) in [6, 6.07) is 14.0. The van der Waals surface area contributed by atoms with Crippen LogP contribution in [0.4, 0.5) is 0 Å². The summed E-state index contributed by atoms with van der Waals surface area (Å²) in [6.45, 7) is 8.22. The van der Waals surface area contributed by atoms with Gasteiger partial charge in [-0.1, -0.05) is 58.0 Å². The van der Waals surface area contributed by atoms with Gasteiger partial charge in [-0.15, -0.1) is 11.3 Å². The van der Waals surface area contributed by atoms with Crippen LogP contribution in [0.5, 0.6) is 0 Å². The summed E-state index contributed by atoms with van der Waals surface area (Å²) in [7, 11) is -2.45. The SMILES string of the molecule is CNCC(=O)NCC(C)(C)CC(=O)NCCC(O)(Cc1ccccc1)N(CC(C)C)S(=O)(=O)c1ccc2ncsc2c1. The molecule has 0 aliphatic rings. The monoisotopic (exact) mass is 617 g/mol. The Morgan fingerprint density at radius 1 is 1.07 bits per heavy atom. The van der Waals surface area contributed by atoms with Gasteiger partial charge in [0.1, 0.15) is 5.72 Å². The summed E-state index contributed by atoms with van der Waals surface area (Å²) in [5, 5.41) is 20.7. The Hall–Kier alpha value is -2.90. The van der Waals surface area contributed by atoms with Crippen LogP contribution in [0, 0.1) is 11.3 Å². The molecule has 2 amide bonds. The predicted octanol–water partition coefficient (Wildman–Crippen LogP) is 3.13. The number of rotatable bonds is 16. The largest absolute Gasteiger partial charge is 0.374 e. The first-order valence-corrected chi connectivity index (χ1v) is 16.4. The number of carbonyl (C=O) groups excluding carboxylic acids is 2. The van der Waals surface area contributed by atoms with Crippen LogP contribution in [-0.2, 0) is 26.0 Å². The number of amides is 2. The van der Waals surface area contributed by atoms with Crippen molar-refractivity contribution in [3.05, 3.63) is 59.6 Å². The van der Waals surface area contributed by atoms with Crippen molar-refractivity contribution < 1.29 is 23.1 Å². The highest BCUT2D eigenvalue weighted by atomic mass is 32.2. The molecule has 0 radical (unpaired) electrons. The van der Waals surface area contributed by atoms with Crippen molar-refractivity contribution in [2.75, 3.05) is 33.2 Å². The van der Waals surface area contributed by atoms with E-state index in [-0.39, 0.29) is 61.5 Å². The van der Waals surface area contributed by atoms with Gasteiger partial charge < -0.3 is 21.1 Å². The number of sulfonamides is 1. The summed E-state index contributed by atoms with van der Waals surface area (Å²) in [5.74, 6) is -0.487. The van der Waals surface area contributed by atoms with E-state index in [4.69, 9.17) is 0 Å². The summed E-state index contributed by atoms with van der Waals surface area (Å²) in [6.07, 6.45) is 0.163. The number of nitrogens with zero attached hydrogens (tertiary/aromatic N) is 2. The lowest BCUT2D eigenvalue weighted by Gasteiger charge is -2.40. The molecule has 0 saturated carbocycles. The fraction of sp³-hybridized carbons (Fsp3) is 0.500. The Balaban J connectivity index is 1.83. The second-order valence-corrected chi connectivity index (χ2v) is 14.6. The molecule has 0 saturated heterocycles. The molecule has 3 rings (SSSR count). The first-order chi connectivity index (χ1) is 19.8. The van der Waals surface area contributed by atoms with E-state index < -0.39 is 21.2 Å². The fourth-order valence-electron chi connectivity index (χ4n) is 4.69. The van der Waals surface area contributed by atoms with Crippen molar-refractivity contribution in [3.8, 4) is 0 Å². The van der Waals surface area contributed by atoms with Gasteiger partial charge in [0.2, 0.25) is 21.8 Å². The van der Waals surface area contributed by atoms with Crippen LogP contribution >= 0.6 is 11.3 Å². The minimum atomic E-state index is -4.14. The molecule has 12 heteroatoms. The molecular formula is C30H43N5O5S2. The van der Waals surface area contributed by atoms with Crippen LogP contribution in [-0.4, -0.2) is 73.6 Å². The van der Waals surface area contributed by atoms with Crippen molar-refractivity contribution in [3.63, 3.8) is 0 Å². The summed E-state index contributed by atoms with van der Waals surface area (Å²) < 4.78 is 30.2. The van der Waals surface area contributed by atoms with Crippen LogP contribution < -0.4 is 16.0 Å². The molecule has 42 heavy (non-hydrogen) atoms. The molecule has 0 aliphatic heterocycles. The number of hydrogen-bond acceptors (Lipinski definition) is 8. The van der Waals surface area contributed by atoms with Gasteiger partial charge in [0, 0.05) is 38.9 Å². The first kappa shape index (κ1) is 33.6. The highest BCUT2D eigenvalue weighted by Crippen LogP contribution is 2.32. The minimum Gasteiger partial charge on any atom is -0.374 e. The number of likely N-dealkylation sites (N-methyl/N-ethyl adjacent to an activating group) is 1. The molecular weight excluding hydrogens is 574 g/mol. The van der Waals surface area contributed by atoms with E-state index in [1.54, 1.807) is 24.7 Å². The van der Waals surface area contributed by atoms with E-state index in [2.05, 4.69) is 20.9 Å². The van der Waals surface area contributed by atoms with Crippen LogP contribution in [0.25, 0.3) is 10.2 Å². The molecule has 1 unspecified atom stereocenters. The lowest BCUT2D eigenvalue weighted by Crippen LogP contribution is -2.55. The minimum absolute atomic E-state index is 0.0261. The van der Waals surface area contributed by atoms with E-state index in [0.29, 0.717) is 12.1 Å². The highest BCUT2D eigenvalue weighted by molar-refractivity contribution is 7.89. The molecule has 2 aromatic carbocycles. The average Bonchev–Trinajstić information content (AvgIpc) is 3.39. The number of aromatic nitrogens is 1. The molecule has 0 fully saturated rings. The number of aliphatic hydroxyl groups is 1. The molecule has 0 spiro atoms. The molecule has 230 valence electrons. The number of nitrogens with one attached hydrogen (secondary N) is 3. The van der Waals surface area contributed by atoms with E-state index in [1.807, 2.05) is 58.0 Å². The van der Waals surface area contributed by atoms with Crippen LogP contribution in [0.15, 0.2) is 58.9 Å². The Labute approximate surface area is 253 Å². The standard InChI is InChI=1S/C30H43N5O5S2/c1-22(2)19-35(42(39,40)24-11-12-25-26(15-24)41-21-34-25)30(38,16-23-9-7-6-8-10-23)13-14-32-27(36)17-29(3,4)20-33-28(37)18-31-5/h6-12,15,21-22,31,38H,13-14,16-20H2,1-5H3,(H,32,36)(H,33,37). The van der Waals surface area contributed by atoms with Crippen molar-refractivity contribution in [1.82, 2.24) is 25.2 Å². The lowest BCUT2D eigenvalue weighted by molar-refractivity contribution is -0.125. The Morgan fingerprint density at radius 2 is 1.79 bits per heavy atom. The lowest BCUT2D eigenvalue weighted by atomic mass is 9.88. The Bertz CT molecular complexity index is 1440. The quantitative estimate of drug-likeness (QED) is 0.181. The summed E-state index contributed by atoms with van der Waals surface area (Å²) >= 11 is 1.35. The maximum absolute atomic E-state index is 14.2. The van der Waals surface area contributed by atoms with Crippen LogP contribution in [0.3, 0.4) is 0 Å². The van der Waals surface area contributed by atoms with Crippen molar-refractivity contribution in [2.45, 2.75) is 57.6 Å².